The third-order valence-corrected chi connectivity index (χ3v) is 5.46. The number of para-hydroxylation sites is 1. The Morgan fingerprint density at radius 3 is 2.64 bits per heavy atom. The standard InChI is InChI=1S/C22H26N4O2/c1-21(2,3)26-19(16-9-5-6-10-17(16)25-26)24-20(27)22(12-13-22)28-18-11-7-4-8-15(18)14-23/h4,7-8,11H,5-6,9-10,12-13H2,1-3H3,(H,24,27). The predicted molar refractivity (Wildman–Crippen MR) is 106 cm³/mol. The molecule has 6 heteroatoms. The number of anilines is 1. The quantitative estimate of drug-likeness (QED) is 0.874. The number of aromatic nitrogens is 2. The number of carbonyl (C=O) groups is 1. The van der Waals surface area contributed by atoms with Crippen molar-refractivity contribution >= 4 is 11.7 Å². The van der Waals surface area contributed by atoms with Gasteiger partial charge in [0, 0.05) is 18.4 Å². The van der Waals surface area contributed by atoms with E-state index in [1.165, 1.54) is 0 Å². The summed E-state index contributed by atoms with van der Waals surface area (Å²) in [5.74, 6) is 1.11. The summed E-state index contributed by atoms with van der Waals surface area (Å²) < 4.78 is 8.00. The lowest BCUT2D eigenvalue weighted by atomic mass is 9.97. The lowest BCUT2D eigenvalue weighted by molar-refractivity contribution is -0.124. The Morgan fingerprint density at radius 2 is 1.96 bits per heavy atom. The Hall–Kier alpha value is -2.81. The van der Waals surface area contributed by atoms with Crippen molar-refractivity contribution in [2.45, 2.75) is 70.4 Å². The SMILES string of the molecule is CC(C)(C)n1nc2c(c1NC(=O)C1(Oc3ccccc3C#N)CC1)CCCC2. The van der Waals surface area contributed by atoms with Crippen molar-refractivity contribution < 1.29 is 9.53 Å². The van der Waals surface area contributed by atoms with E-state index in [9.17, 15) is 10.1 Å². The largest absolute Gasteiger partial charge is 0.476 e. The van der Waals surface area contributed by atoms with Gasteiger partial charge in [-0.25, -0.2) is 4.68 Å². The molecule has 0 spiro atoms. The van der Waals surface area contributed by atoms with Crippen LogP contribution in [0.4, 0.5) is 5.82 Å². The molecule has 0 atom stereocenters. The van der Waals surface area contributed by atoms with Gasteiger partial charge in [0.05, 0.1) is 16.8 Å². The maximum absolute atomic E-state index is 13.2. The van der Waals surface area contributed by atoms with Gasteiger partial charge in [-0.2, -0.15) is 10.4 Å². The first-order chi connectivity index (χ1) is 13.3. The Morgan fingerprint density at radius 1 is 1.25 bits per heavy atom. The van der Waals surface area contributed by atoms with Crippen LogP contribution in [0.2, 0.25) is 0 Å². The minimum absolute atomic E-state index is 0.154. The first kappa shape index (κ1) is 18.5. The zero-order valence-electron chi connectivity index (χ0n) is 16.7. The van der Waals surface area contributed by atoms with Crippen molar-refractivity contribution in [1.82, 2.24) is 9.78 Å². The summed E-state index contributed by atoms with van der Waals surface area (Å²) in [4.78, 5) is 13.2. The fourth-order valence-electron chi connectivity index (χ4n) is 3.74. The molecule has 28 heavy (non-hydrogen) atoms. The summed E-state index contributed by atoms with van der Waals surface area (Å²) in [6.07, 6.45) is 5.43. The van der Waals surface area contributed by atoms with Crippen molar-refractivity contribution in [3.8, 4) is 11.8 Å². The first-order valence-electron chi connectivity index (χ1n) is 9.95. The zero-order valence-corrected chi connectivity index (χ0v) is 16.7. The highest BCUT2D eigenvalue weighted by molar-refractivity contribution is 5.99. The van der Waals surface area contributed by atoms with Gasteiger partial charge in [-0.3, -0.25) is 4.79 Å². The highest BCUT2D eigenvalue weighted by atomic mass is 16.5. The first-order valence-corrected chi connectivity index (χ1v) is 9.95. The van der Waals surface area contributed by atoms with Gasteiger partial charge in [-0.1, -0.05) is 12.1 Å². The van der Waals surface area contributed by atoms with Crippen molar-refractivity contribution in [2.75, 3.05) is 5.32 Å². The number of hydrogen-bond acceptors (Lipinski definition) is 4. The Kier molecular flexibility index (Phi) is 4.41. The summed E-state index contributed by atoms with van der Waals surface area (Å²) in [5, 5.41) is 17.2. The van der Waals surface area contributed by atoms with Crippen LogP contribution in [-0.2, 0) is 23.2 Å². The zero-order chi connectivity index (χ0) is 19.9. The molecule has 2 aliphatic rings. The predicted octanol–water partition coefficient (Wildman–Crippen LogP) is 3.94. The number of amides is 1. The molecule has 6 nitrogen and oxygen atoms in total. The van der Waals surface area contributed by atoms with E-state index in [1.807, 2.05) is 10.7 Å². The molecule has 4 rings (SSSR count). The van der Waals surface area contributed by atoms with Gasteiger partial charge < -0.3 is 10.1 Å². The summed E-state index contributed by atoms with van der Waals surface area (Å²) in [6.45, 7) is 6.27. The molecule has 1 heterocycles. The van der Waals surface area contributed by atoms with E-state index in [-0.39, 0.29) is 11.4 Å². The van der Waals surface area contributed by atoms with Crippen molar-refractivity contribution in [3.63, 3.8) is 0 Å². The molecule has 1 amide bonds. The summed E-state index contributed by atoms with van der Waals surface area (Å²) >= 11 is 0. The number of aryl methyl sites for hydroxylation is 1. The molecule has 1 saturated carbocycles. The van der Waals surface area contributed by atoms with E-state index in [0.29, 0.717) is 24.2 Å². The van der Waals surface area contributed by atoms with Crippen LogP contribution in [0.1, 0.15) is 63.3 Å². The molecule has 1 N–H and O–H groups in total. The van der Waals surface area contributed by atoms with Crippen LogP contribution in [0.25, 0.3) is 0 Å². The molecule has 0 saturated heterocycles. The van der Waals surface area contributed by atoms with Gasteiger partial charge in [-0.05, 0) is 58.6 Å². The van der Waals surface area contributed by atoms with Crippen molar-refractivity contribution in [1.29, 1.82) is 5.26 Å². The fourth-order valence-corrected chi connectivity index (χ4v) is 3.74. The Balaban J connectivity index is 1.62. The second-order valence-corrected chi connectivity index (χ2v) is 8.72. The number of fused-ring (bicyclic) bond motifs is 1. The minimum Gasteiger partial charge on any atom is -0.476 e. The monoisotopic (exact) mass is 378 g/mol. The normalized spacial score (nSPS) is 17.4. The van der Waals surface area contributed by atoms with Gasteiger partial charge >= 0.3 is 0 Å². The van der Waals surface area contributed by atoms with E-state index in [2.05, 4.69) is 32.2 Å². The number of carbonyl (C=O) groups excluding carboxylic acids is 1. The molecule has 146 valence electrons. The van der Waals surface area contributed by atoms with Crippen LogP contribution < -0.4 is 10.1 Å². The van der Waals surface area contributed by atoms with E-state index in [1.54, 1.807) is 18.2 Å². The average molecular weight is 378 g/mol. The maximum Gasteiger partial charge on any atom is 0.269 e. The molecule has 0 unspecified atom stereocenters. The van der Waals surface area contributed by atoms with Gasteiger partial charge in [0.15, 0.2) is 5.60 Å². The summed E-state index contributed by atoms with van der Waals surface area (Å²) in [5.41, 5.74) is 1.56. The van der Waals surface area contributed by atoms with Gasteiger partial charge in [0.1, 0.15) is 17.6 Å². The number of nitrogens with zero attached hydrogens (tertiary/aromatic N) is 3. The maximum atomic E-state index is 13.2. The molecule has 1 fully saturated rings. The third kappa shape index (κ3) is 3.26. The number of nitrogens with one attached hydrogen (secondary N) is 1. The average Bonchev–Trinajstić information content (AvgIpc) is 3.36. The highest BCUT2D eigenvalue weighted by Crippen LogP contribution is 2.43. The number of rotatable bonds is 4. The topological polar surface area (TPSA) is 79.9 Å². The molecule has 2 aliphatic carbocycles. The van der Waals surface area contributed by atoms with E-state index in [0.717, 1.165) is 42.8 Å². The smallest absolute Gasteiger partial charge is 0.269 e. The number of hydrogen-bond donors (Lipinski definition) is 1. The summed E-state index contributed by atoms with van der Waals surface area (Å²) in [7, 11) is 0. The van der Waals surface area contributed by atoms with Crippen LogP contribution in [0.3, 0.4) is 0 Å². The van der Waals surface area contributed by atoms with Gasteiger partial charge in [-0.15, -0.1) is 0 Å². The Bertz CT molecular complexity index is 958. The molecule has 0 bridgehead atoms. The third-order valence-electron chi connectivity index (χ3n) is 5.46. The van der Waals surface area contributed by atoms with Gasteiger partial charge in [0.25, 0.3) is 5.91 Å². The molecular weight excluding hydrogens is 352 g/mol. The molecule has 1 aromatic carbocycles. The number of nitriles is 1. The molecule has 1 aromatic heterocycles. The lowest BCUT2D eigenvalue weighted by Gasteiger charge is -2.25. The van der Waals surface area contributed by atoms with Crippen molar-refractivity contribution in [2.24, 2.45) is 0 Å². The van der Waals surface area contributed by atoms with Crippen molar-refractivity contribution in [3.05, 3.63) is 41.1 Å². The molecule has 2 aromatic rings. The van der Waals surface area contributed by atoms with Crippen LogP contribution in [0.15, 0.2) is 24.3 Å². The van der Waals surface area contributed by atoms with Crippen LogP contribution in [0, 0.1) is 11.3 Å². The van der Waals surface area contributed by atoms with Crippen LogP contribution >= 0.6 is 0 Å². The highest BCUT2D eigenvalue weighted by Gasteiger charge is 2.53. The van der Waals surface area contributed by atoms with E-state index < -0.39 is 5.60 Å². The van der Waals surface area contributed by atoms with E-state index >= 15 is 0 Å². The van der Waals surface area contributed by atoms with E-state index in [4.69, 9.17) is 9.84 Å². The number of ether oxygens (including phenoxy) is 1. The lowest BCUT2D eigenvalue weighted by Crippen LogP contribution is -2.37. The Labute approximate surface area is 165 Å². The molecule has 0 aliphatic heterocycles. The second-order valence-electron chi connectivity index (χ2n) is 8.72. The van der Waals surface area contributed by atoms with Crippen LogP contribution in [0.5, 0.6) is 5.75 Å². The fraction of sp³-hybridized carbons (Fsp3) is 0.500. The molecule has 0 radical (unpaired) electrons. The minimum atomic E-state index is -0.901. The number of benzene rings is 1. The van der Waals surface area contributed by atoms with Gasteiger partial charge in [0.2, 0.25) is 0 Å². The summed E-state index contributed by atoms with van der Waals surface area (Å²) in [6, 6.07) is 9.18. The molecular formula is C22H26N4O2. The second kappa shape index (κ2) is 6.66. The van der Waals surface area contributed by atoms with Crippen LogP contribution in [-0.4, -0.2) is 21.3 Å².